The normalized spacial score (nSPS) is 15.0. The van der Waals surface area contributed by atoms with E-state index < -0.39 is 6.03 Å². The number of carbonyl (C=O) groups is 2. The van der Waals surface area contributed by atoms with E-state index in [4.69, 9.17) is 5.73 Å². The molecule has 0 spiro atoms. The zero-order chi connectivity index (χ0) is 17.6. The van der Waals surface area contributed by atoms with Crippen molar-refractivity contribution in [2.45, 2.75) is 6.54 Å². The van der Waals surface area contributed by atoms with Gasteiger partial charge >= 0.3 is 6.03 Å². The molecule has 25 heavy (non-hydrogen) atoms. The quantitative estimate of drug-likeness (QED) is 0.896. The number of urea groups is 1. The second-order valence-electron chi connectivity index (χ2n) is 6.12. The maximum Gasteiger partial charge on any atom is 0.316 e. The monoisotopic (exact) mass is 338 g/mol. The minimum absolute atomic E-state index is 0.0209. The number of anilines is 1. The summed E-state index contributed by atoms with van der Waals surface area (Å²) in [7, 11) is 0. The first kappa shape index (κ1) is 17.0. The highest BCUT2D eigenvalue weighted by molar-refractivity contribution is 5.96. The number of nitrogens with two attached hydrogens (primary N) is 1. The predicted octanol–water partition coefficient (Wildman–Crippen LogP) is 2.14. The lowest BCUT2D eigenvalue weighted by atomic mass is 10.1. The van der Waals surface area contributed by atoms with Gasteiger partial charge in [-0.15, -0.1) is 0 Å². The molecule has 3 amide bonds. The molecular formula is C19H22N4O2. The van der Waals surface area contributed by atoms with Gasteiger partial charge in [0.1, 0.15) is 0 Å². The van der Waals surface area contributed by atoms with Gasteiger partial charge in [-0.25, -0.2) is 4.79 Å². The van der Waals surface area contributed by atoms with Crippen molar-refractivity contribution in [3.05, 3.63) is 65.7 Å². The average molecular weight is 338 g/mol. The molecule has 0 unspecified atom stereocenters. The smallest absolute Gasteiger partial charge is 0.316 e. The minimum Gasteiger partial charge on any atom is -0.351 e. The van der Waals surface area contributed by atoms with Gasteiger partial charge < -0.3 is 16.0 Å². The standard InChI is InChI=1S/C19H22N4O2/c20-19(25)21-17-8-4-7-16(13-17)18(24)23-11-9-22(10-12-23)14-15-5-2-1-3-6-15/h1-8,13H,9-12,14H2,(H3,20,21,25). The fraction of sp³-hybridized carbons (Fsp3) is 0.263. The van der Waals surface area contributed by atoms with Crippen LogP contribution in [0.3, 0.4) is 0 Å². The third-order valence-electron chi connectivity index (χ3n) is 4.29. The Morgan fingerprint density at radius 2 is 1.68 bits per heavy atom. The molecule has 0 aromatic heterocycles. The number of hydrogen-bond acceptors (Lipinski definition) is 3. The summed E-state index contributed by atoms with van der Waals surface area (Å²) in [5.74, 6) is -0.0209. The first-order valence-corrected chi connectivity index (χ1v) is 8.34. The average Bonchev–Trinajstić information content (AvgIpc) is 2.62. The maximum atomic E-state index is 12.7. The first-order valence-electron chi connectivity index (χ1n) is 8.34. The van der Waals surface area contributed by atoms with Gasteiger partial charge in [0, 0.05) is 44.0 Å². The molecule has 0 saturated carbocycles. The fourth-order valence-electron chi connectivity index (χ4n) is 3.01. The third-order valence-corrected chi connectivity index (χ3v) is 4.29. The minimum atomic E-state index is -0.640. The van der Waals surface area contributed by atoms with Gasteiger partial charge in [-0.3, -0.25) is 9.69 Å². The molecule has 130 valence electrons. The van der Waals surface area contributed by atoms with E-state index in [9.17, 15) is 9.59 Å². The van der Waals surface area contributed by atoms with Gasteiger partial charge in [0.05, 0.1) is 0 Å². The summed E-state index contributed by atoms with van der Waals surface area (Å²) in [6.07, 6.45) is 0. The van der Waals surface area contributed by atoms with Gasteiger partial charge in [-0.2, -0.15) is 0 Å². The molecule has 1 aliphatic rings. The molecule has 3 N–H and O–H groups in total. The lowest BCUT2D eigenvalue weighted by Crippen LogP contribution is -2.48. The van der Waals surface area contributed by atoms with Crippen LogP contribution in [0.4, 0.5) is 10.5 Å². The Bertz CT molecular complexity index is 740. The number of primary amides is 1. The molecule has 1 saturated heterocycles. The first-order chi connectivity index (χ1) is 12.1. The van der Waals surface area contributed by atoms with Crippen molar-refractivity contribution in [2.24, 2.45) is 5.73 Å². The molecule has 2 aromatic carbocycles. The van der Waals surface area contributed by atoms with Gasteiger partial charge in [0.2, 0.25) is 0 Å². The van der Waals surface area contributed by atoms with Crippen LogP contribution < -0.4 is 11.1 Å². The van der Waals surface area contributed by atoms with E-state index in [0.29, 0.717) is 24.3 Å². The highest BCUT2D eigenvalue weighted by Gasteiger charge is 2.22. The van der Waals surface area contributed by atoms with Crippen molar-refractivity contribution in [1.29, 1.82) is 0 Å². The summed E-state index contributed by atoms with van der Waals surface area (Å²) in [6.45, 7) is 3.99. The molecule has 0 aliphatic carbocycles. The molecule has 0 atom stereocenters. The number of nitrogens with one attached hydrogen (secondary N) is 1. The topological polar surface area (TPSA) is 78.7 Å². The van der Waals surface area contributed by atoms with Gasteiger partial charge in [0.25, 0.3) is 5.91 Å². The Labute approximate surface area is 147 Å². The number of nitrogens with zero attached hydrogens (tertiary/aromatic N) is 2. The van der Waals surface area contributed by atoms with Crippen LogP contribution in [0, 0.1) is 0 Å². The molecule has 3 rings (SSSR count). The van der Waals surface area contributed by atoms with Gasteiger partial charge in [0.15, 0.2) is 0 Å². The van der Waals surface area contributed by atoms with Crippen LogP contribution in [0.5, 0.6) is 0 Å². The van der Waals surface area contributed by atoms with Gasteiger partial charge in [-0.05, 0) is 23.8 Å². The molecular weight excluding hydrogens is 316 g/mol. The van der Waals surface area contributed by atoms with Crippen molar-refractivity contribution >= 4 is 17.6 Å². The summed E-state index contributed by atoms with van der Waals surface area (Å²) < 4.78 is 0. The lowest BCUT2D eigenvalue weighted by Gasteiger charge is -2.34. The lowest BCUT2D eigenvalue weighted by molar-refractivity contribution is 0.0628. The van der Waals surface area contributed by atoms with E-state index in [2.05, 4.69) is 22.3 Å². The van der Waals surface area contributed by atoms with Crippen molar-refractivity contribution < 1.29 is 9.59 Å². The highest BCUT2D eigenvalue weighted by Crippen LogP contribution is 2.15. The van der Waals surface area contributed by atoms with Crippen LogP contribution in [-0.2, 0) is 6.54 Å². The van der Waals surface area contributed by atoms with Crippen molar-refractivity contribution in [3.8, 4) is 0 Å². The van der Waals surface area contributed by atoms with Crippen LogP contribution in [0.15, 0.2) is 54.6 Å². The molecule has 0 bridgehead atoms. The SMILES string of the molecule is NC(=O)Nc1cccc(C(=O)N2CCN(Cc3ccccc3)CC2)c1. The Hall–Kier alpha value is -2.86. The van der Waals surface area contributed by atoms with E-state index >= 15 is 0 Å². The van der Waals surface area contributed by atoms with Crippen molar-refractivity contribution in [3.63, 3.8) is 0 Å². The van der Waals surface area contributed by atoms with Gasteiger partial charge in [-0.1, -0.05) is 36.4 Å². The zero-order valence-corrected chi connectivity index (χ0v) is 14.0. The summed E-state index contributed by atoms with van der Waals surface area (Å²) in [6, 6.07) is 16.6. The van der Waals surface area contributed by atoms with Crippen LogP contribution in [0.1, 0.15) is 15.9 Å². The van der Waals surface area contributed by atoms with E-state index in [0.717, 1.165) is 19.6 Å². The Balaban J connectivity index is 1.57. The molecule has 0 radical (unpaired) electrons. The largest absolute Gasteiger partial charge is 0.351 e. The summed E-state index contributed by atoms with van der Waals surface area (Å²) >= 11 is 0. The predicted molar refractivity (Wildman–Crippen MR) is 97.3 cm³/mol. The summed E-state index contributed by atoms with van der Waals surface area (Å²) in [5.41, 5.74) is 7.49. The van der Waals surface area contributed by atoms with E-state index in [1.54, 1.807) is 24.3 Å². The summed E-state index contributed by atoms with van der Waals surface area (Å²) in [5, 5.41) is 2.50. The van der Waals surface area contributed by atoms with E-state index in [-0.39, 0.29) is 5.91 Å². The number of benzene rings is 2. The molecule has 6 nitrogen and oxygen atoms in total. The highest BCUT2D eigenvalue weighted by atomic mass is 16.2. The van der Waals surface area contributed by atoms with Crippen molar-refractivity contribution in [1.82, 2.24) is 9.80 Å². The van der Waals surface area contributed by atoms with Crippen LogP contribution in [0.25, 0.3) is 0 Å². The molecule has 6 heteroatoms. The zero-order valence-electron chi connectivity index (χ0n) is 14.0. The van der Waals surface area contributed by atoms with Crippen molar-refractivity contribution in [2.75, 3.05) is 31.5 Å². The Kier molecular flexibility index (Phi) is 5.30. The van der Waals surface area contributed by atoms with E-state index in [1.807, 2.05) is 23.1 Å². The maximum absolute atomic E-state index is 12.7. The number of hydrogen-bond donors (Lipinski definition) is 2. The second-order valence-corrected chi connectivity index (χ2v) is 6.12. The number of rotatable bonds is 4. The van der Waals surface area contributed by atoms with Crippen LogP contribution >= 0.6 is 0 Å². The molecule has 1 heterocycles. The molecule has 1 aliphatic heterocycles. The number of carbonyl (C=O) groups excluding carboxylic acids is 2. The number of amides is 3. The molecule has 1 fully saturated rings. The van der Waals surface area contributed by atoms with E-state index in [1.165, 1.54) is 5.56 Å². The second kappa shape index (κ2) is 7.81. The number of piperazine rings is 1. The molecule has 2 aromatic rings. The van der Waals surface area contributed by atoms with Crippen LogP contribution in [-0.4, -0.2) is 47.9 Å². The van der Waals surface area contributed by atoms with Crippen LogP contribution in [0.2, 0.25) is 0 Å². The third kappa shape index (κ3) is 4.58. The Morgan fingerprint density at radius 3 is 2.36 bits per heavy atom. The summed E-state index contributed by atoms with van der Waals surface area (Å²) in [4.78, 5) is 27.8. The fourth-order valence-corrected chi connectivity index (χ4v) is 3.01. The Morgan fingerprint density at radius 1 is 0.960 bits per heavy atom.